The molecule has 0 saturated carbocycles. The number of carboxylic acids is 1. The van der Waals surface area contributed by atoms with Crippen LogP contribution in [0.15, 0.2) is 12.1 Å². The van der Waals surface area contributed by atoms with Crippen LogP contribution in [0.5, 0.6) is 11.5 Å². The summed E-state index contributed by atoms with van der Waals surface area (Å²) in [7, 11) is 1.51. The van der Waals surface area contributed by atoms with Crippen LogP contribution in [0, 0.1) is 0 Å². The zero-order valence-corrected chi connectivity index (χ0v) is 8.61. The molecule has 0 unspecified atom stereocenters. The van der Waals surface area contributed by atoms with Crippen molar-refractivity contribution in [1.29, 1.82) is 0 Å². The molecule has 1 aliphatic heterocycles. The lowest BCUT2D eigenvalue weighted by molar-refractivity contribution is 0.0696. The van der Waals surface area contributed by atoms with Crippen LogP contribution in [0.4, 0.5) is 0 Å². The van der Waals surface area contributed by atoms with Gasteiger partial charge in [0, 0.05) is 12.0 Å². The lowest BCUT2D eigenvalue weighted by Gasteiger charge is -2.08. The van der Waals surface area contributed by atoms with Crippen LogP contribution in [0.1, 0.15) is 22.8 Å². The summed E-state index contributed by atoms with van der Waals surface area (Å²) in [6.45, 7) is 1.94. The monoisotopic (exact) mass is 208 g/mol. The predicted octanol–water partition coefficient (Wildman–Crippen LogP) is 1.72. The summed E-state index contributed by atoms with van der Waals surface area (Å²) in [5, 5.41) is 8.91. The Morgan fingerprint density at radius 2 is 2.33 bits per heavy atom. The summed E-state index contributed by atoms with van der Waals surface area (Å²) in [4.78, 5) is 10.9. The fourth-order valence-corrected chi connectivity index (χ4v) is 1.77. The van der Waals surface area contributed by atoms with Crippen LogP contribution >= 0.6 is 0 Å². The topological polar surface area (TPSA) is 55.8 Å². The third-order valence-electron chi connectivity index (χ3n) is 2.43. The first kappa shape index (κ1) is 9.83. The smallest absolute Gasteiger partial charge is 0.335 e. The second-order valence-corrected chi connectivity index (χ2v) is 3.60. The molecule has 1 aliphatic rings. The van der Waals surface area contributed by atoms with Gasteiger partial charge in [0.2, 0.25) is 0 Å². The molecule has 4 nitrogen and oxygen atoms in total. The van der Waals surface area contributed by atoms with Gasteiger partial charge in [0.25, 0.3) is 0 Å². The molecule has 4 heteroatoms. The van der Waals surface area contributed by atoms with Crippen molar-refractivity contribution in [1.82, 2.24) is 0 Å². The highest BCUT2D eigenvalue weighted by Gasteiger charge is 2.24. The molecule has 0 radical (unpaired) electrons. The first-order valence-electron chi connectivity index (χ1n) is 4.72. The van der Waals surface area contributed by atoms with Crippen LogP contribution in [0.25, 0.3) is 0 Å². The molecule has 0 saturated heterocycles. The van der Waals surface area contributed by atoms with Crippen molar-refractivity contribution >= 4 is 5.97 Å². The maximum absolute atomic E-state index is 10.9. The second-order valence-electron chi connectivity index (χ2n) is 3.60. The number of hydrogen-bond acceptors (Lipinski definition) is 3. The average Bonchev–Trinajstić information content (AvgIpc) is 2.56. The minimum Gasteiger partial charge on any atom is -0.493 e. The molecule has 2 rings (SSSR count). The third kappa shape index (κ3) is 1.63. The Hall–Kier alpha value is -1.71. The first-order chi connectivity index (χ1) is 7.11. The maximum Gasteiger partial charge on any atom is 0.335 e. The van der Waals surface area contributed by atoms with Crippen LogP contribution < -0.4 is 9.47 Å². The van der Waals surface area contributed by atoms with E-state index in [9.17, 15) is 4.79 Å². The van der Waals surface area contributed by atoms with Gasteiger partial charge in [0.1, 0.15) is 6.10 Å². The van der Waals surface area contributed by atoms with Crippen LogP contribution in [0.2, 0.25) is 0 Å². The fourth-order valence-electron chi connectivity index (χ4n) is 1.77. The number of aromatic carboxylic acids is 1. The van der Waals surface area contributed by atoms with Crippen molar-refractivity contribution < 1.29 is 19.4 Å². The number of ether oxygens (including phenoxy) is 2. The third-order valence-corrected chi connectivity index (χ3v) is 2.43. The van der Waals surface area contributed by atoms with Crippen LogP contribution in [0.3, 0.4) is 0 Å². The van der Waals surface area contributed by atoms with Gasteiger partial charge in [-0.3, -0.25) is 0 Å². The molecule has 1 aromatic rings. The molecule has 1 aromatic carbocycles. The Morgan fingerprint density at radius 3 is 2.93 bits per heavy atom. The summed E-state index contributed by atoms with van der Waals surface area (Å²) < 4.78 is 10.7. The summed E-state index contributed by atoms with van der Waals surface area (Å²) in [6, 6.07) is 3.13. The molecular weight excluding hydrogens is 196 g/mol. The largest absolute Gasteiger partial charge is 0.493 e. The van der Waals surface area contributed by atoms with Gasteiger partial charge in [-0.1, -0.05) is 0 Å². The standard InChI is InChI=1S/C11H12O4/c1-6-3-7-4-8(11(12)13)5-9(14-2)10(7)15-6/h4-6H,3H2,1-2H3,(H,12,13)/t6-/m0/s1. The second kappa shape index (κ2) is 3.46. The molecule has 0 bridgehead atoms. The van der Waals surface area contributed by atoms with Crippen molar-refractivity contribution in [3.8, 4) is 11.5 Å². The van der Waals surface area contributed by atoms with E-state index < -0.39 is 5.97 Å². The minimum absolute atomic E-state index is 0.0814. The van der Waals surface area contributed by atoms with Gasteiger partial charge in [-0.15, -0.1) is 0 Å². The Labute approximate surface area is 87.4 Å². The minimum atomic E-state index is -0.948. The maximum atomic E-state index is 10.9. The zero-order chi connectivity index (χ0) is 11.0. The van der Waals surface area contributed by atoms with E-state index in [2.05, 4.69) is 0 Å². The van der Waals surface area contributed by atoms with Crippen molar-refractivity contribution in [3.63, 3.8) is 0 Å². The number of rotatable bonds is 2. The fraction of sp³-hybridized carbons (Fsp3) is 0.364. The predicted molar refractivity (Wildman–Crippen MR) is 53.7 cm³/mol. The highest BCUT2D eigenvalue weighted by molar-refractivity contribution is 5.89. The van der Waals surface area contributed by atoms with E-state index >= 15 is 0 Å². The van der Waals surface area contributed by atoms with Crippen molar-refractivity contribution in [2.24, 2.45) is 0 Å². The van der Waals surface area contributed by atoms with Gasteiger partial charge < -0.3 is 14.6 Å². The SMILES string of the molecule is COc1cc(C(=O)O)cc2c1O[C@@H](C)C2. The van der Waals surface area contributed by atoms with E-state index in [0.717, 1.165) is 12.0 Å². The van der Waals surface area contributed by atoms with E-state index in [1.807, 2.05) is 6.92 Å². The normalized spacial score (nSPS) is 18.1. The lowest BCUT2D eigenvalue weighted by atomic mass is 10.1. The molecule has 0 amide bonds. The molecule has 0 aliphatic carbocycles. The summed E-state index contributed by atoms with van der Waals surface area (Å²) >= 11 is 0. The van der Waals surface area contributed by atoms with Gasteiger partial charge >= 0.3 is 5.97 Å². The van der Waals surface area contributed by atoms with E-state index in [1.54, 1.807) is 6.07 Å². The van der Waals surface area contributed by atoms with Crippen molar-refractivity contribution in [3.05, 3.63) is 23.3 Å². The molecule has 0 fully saturated rings. The average molecular weight is 208 g/mol. The molecule has 15 heavy (non-hydrogen) atoms. The molecule has 1 heterocycles. The van der Waals surface area contributed by atoms with Crippen molar-refractivity contribution in [2.45, 2.75) is 19.4 Å². The number of carbonyl (C=O) groups is 1. The quantitative estimate of drug-likeness (QED) is 0.803. The molecule has 0 aromatic heterocycles. The zero-order valence-electron chi connectivity index (χ0n) is 8.61. The van der Waals surface area contributed by atoms with E-state index in [4.69, 9.17) is 14.6 Å². The molecule has 80 valence electrons. The number of carboxylic acid groups (broad SMARTS) is 1. The Morgan fingerprint density at radius 1 is 1.60 bits per heavy atom. The molecule has 0 spiro atoms. The van der Waals surface area contributed by atoms with Gasteiger partial charge in [-0.05, 0) is 19.1 Å². The summed E-state index contributed by atoms with van der Waals surface area (Å²) in [6.07, 6.45) is 0.810. The van der Waals surface area contributed by atoms with E-state index in [-0.39, 0.29) is 11.7 Å². The van der Waals surface area contributed by atoms with E-state index in [1.165, 1.54) is 13.2 Å². The Bertz CT molecular complexity index is 411. The molecule has 1 atom stereocenters. The molecule has 1 N–H and O–H groups in total. The van der Waals surface area contributed by atoms with Gasteiger partial charge in [0.15, 0.2) is 11.5 Å². The Kier molecular flexibility index (Phi) is 2.26. The van der Waals surface area contributed by atoms with Gasteiger partial charge in [-0.2, -0.15) is 0 Å². The first-order valence-corrected chi connectivity index (χ1v) is 4.72. The number of methoxy groups -OCH3 is 1. The number of benzene rings is 1. The summed E-state index contributed by atoms with van der Waals surface area (Å²) in [5.41, 5.74) is 1.14. The van der Waals surface area contributed by atoms with Gasteiger partial charge in [0.05, 0.1) is 12.7 Å². The number of hydrogen-bond donors (Lipinski definition) is 1. The van der Waals surface area contributed by atoms with E-state index in [0.29, 0.717) is 11.5 Å². The molecular formula is C11H12O4. The lowest BCUT2D eigenvalue weighted by Crippen LogP contribution is -2.05. The highest BCUT2D eigenvalue weighted by atomic mass is 16.5. The van der Waals surface area contributed by atoms with Crippen LogP contribution in [-0.2, 0) is 6.42 Å². The van der Waals surface area contributed by atoms with Crippen LogP contribution in [-0.4, -0.2) is 24.3 Å². The summed E-state index contributed by atoms with van der Waals surface area (Å²) in [5.74, 6) is 0.222. The Balaban J connectivity index is 2.52. The number of fused-ring (bicyclic) bond motifs is 1. The van der Waals surface area contributed by atoms with Crippen molar-refractivity contribution in [2.75, 3.05) is 7.11 Å². The van der Waals surface area contributed by atoms with Gasteiger partial charge in [-0.25, -0.2) is 4.79 Å². The highest BCUT2D eigenvalue weighted by Crippen LogP contribution is 2.38.